The van der Waals surface area contributed by atoms with Crippen molar-refractivity contribution in [1.29, 1.82) is 0 Å². The van der Waals surface area contributed by atoms with Crippen molar-refractivity contribution in [3.05, 3.63) is 88.0 Å². The van der Waals surface area contributed by atoms with Crippen molar-refractivity contribution in [2.75, 3.05) is 21.3 Å². The number of rotatable bonds is 7. The summed E-state index contributed by atoms with van der Waals surface area (Å²) >= 11 is 0. The van der Waals surface area contributed by atoms with Gasteiger partial charge in [0.25, 0.3) is 0 Å². The molecule has 0 radical (unpaired) electrons. The first-order valence-corrected chi connectivity index (χ1v) is 15.5. The maximum Gasteiger partial charge on any atom is 0.345 e. The lowest BCUT2D eigenvalue weighted by atomic mass is 9.75. The molecule has 0 amide bonds. The zero-order valence-electron chi connectivity index (χ0n) is 26.7. The Balaban J connectivity index is 2.80. The van der Waals surface area contributed by atoms with E-state index in [4.69, 9.17) is 14.2 Å². The average Bonchev–Trinajstić information content (AvgIpc) is 2.86. The van der Waals surface area contributed by atoms with Gasteiger partial charge in [0.1, 0.15) is 17.2 Å². The number of hydrogen-bond acceptors (Lipinski definition) is 4. The molecule has 3 rings (SSSR count). The topological polar surface area (TPSA) is 85.2 Å². The third-order valence-electron chi connectivity index (χ3n) is 7.80. The van der Waals surface area contributed by atoms with E-state index in [2.05, 4.69) is 62.3 Å². The van der Waals surface area contributed by atoms with Crippen LogP contribution in [-0.4, -0.2) is 31.1 Å². The van der Waals surface area contributed by atoms with Gasteiger partial charge in [-0.25, -0.2) is 0 Å². The van der Waals surface area contributed by atoms with E-state index in [1.807, 2.05) is 36.4 Å². The first-order valence-electron chi connectivity index (χ1n) is 13.9. The monoisotopic (exact) mass is 582 g/mol. The minimum Gasteiger partial charge on any atom is -0.496 e. The van der Waals surface area contributed by atoms with Crippen LogP contribution >= 0.6 is 7.60 Å². The molecule has 0 bridgehead atoms. The second-order valence-electron chi connectivity index (χ2n) is 13.7. The molecule has 0 aliphatic rings. The molecule has 0 heterocycles. The molecular formula is C34H47O6P. The summed E-state index contributed by atoms with van der Waals surface area (Å²) in [7, 11) is -0.591. The van der Waals surface area contributed by atoms with Crippen LogP contribution in [0, 0.1) is 0 Å². The predicted octanol–water partition coefficient (Wildman–Crippen LogP) is 8.07. The Bertz CT molecular complexity index is 1290. The summed E-state index contributed by atoms with van der Waals surface area (Å²) in [4.78, 5) is 23.5. The summed E-state index contributed by atoms with van der Waals surface area (Å²) in [6.45, 7) is 18.6. The lowest BCUT2D eigenvalue weighted by Crippen LogP contribution is -2.33. The van der Waals surface area contributed by atoms with Gasteiger partial charge in [-0.15, -0.1) is 0 Å². The predicted molar refractivity (Wildman–Crippen MR) is 167 cm³/mol. The number of hydrogen-bond donors (Lipinski definition) is 2. The fourth-order valence-corrected chi connectivity index (χ4v) is 6.74. The fourth-order valence-electron chi connectivity index (χ4n) is 5.28. The van der Waals surface area contributed by atoms with Gasteiger partial charge in [-0.3, -0.25) is 4.57 Å². The highest BCUT2D eigenvalue weighted by atomic mass is 31.2. The summed E-state index contributed by atoms with van der Waals surface area (Å²) in [6, 6.07) is 16.8. The molecular weight excluding hydrogens is 535 g/mol. The van der Waals surface area contributed by atoms with Crippen LogP contribution in [-0.2, 0) is 26.0 Å². The first kappa shape index (κ1) is 32.7. The Hall–Kier alpha value is -2.79. The number of benzene rings is 3. The summed E-state index contributed by atoms with van der Waals surface area (Å²) in [6.07, 6.45) is 0. The van der Waals surface area contributed by atoms with Crippen molar-refractivity contribution in [2.24, 2.45) is 0 Å². The van der Waals surface area contributed by atoms with Crippen LogP contribution in [0.15, 0.2) is 54.6 Å². The Kier molecular flexibility index (Phi) is 8.88. The molecule has 3 aromatic rings. The second-order valence-corrected chi connectivity index (χ2v) is 15.5. The van der Waals surface area contributed by atoms with Crippen LogP contribution in [0.25, 0.3) is 0 Å². The van der Waals surface area contributed by atoms with Crippen LogP contribution in [0.3, 0.4) is 0 Å². The molecule has 0 fully saturated rings. The van der Waals surface area contributed by atoms with E-state index < -0.39 is 12.8 Å². The minimum atomic E-state index is -5.15. The quantitative estimate of drug-likeness (QED) is 0.216. The van der Waals surface area contributed by atoms with E-state index in [0.717, 1.165) is 16.7 Å². The normalized spacial score (nSPS) is 13.2. The lowest BCUT2D eigenvalue weighted by molar-refractivity contribution is 0.333. The van der Waals surface area contributed by atoms with Crippen LogP contribution in [0.1, 0.15) is 95.7 Å². The summed E-state index contributed by atoms with van der Waals surface area (Å²) < 4.78 is 32.1. The highest BCUT2D eigenvalue weighted by molar-refractivity contribution is 7.53. The molecule has 0 aliphatic carbocycles. The van der Waals surface area contributed by atoms with Gasteiger partial charge in [0.15, 0.2) is 5.16 Å². The van der Waals surface area contributed by atoms with E-state index in [0.29, 0.717) is 33.9 Å². The Morgan fingerprint density at radius 3 is 0.927 bits per heavy atom. The summed E-state index contributed by atoms with van der Waals surface area (Å²) in [5, 5.41) is -2.04. The van der Waals surface area contributed by atoms with Crippen molar-refractivity contribution in [2.45, 2.75) is 83.7 Å². The van der Waals surface area contributed by atoms with Gasteiger partial charge in [0, 0.05) is 16.7 Å². The van der Waals surface area contributed by atoms with E-state index >= 15 is 0 Å². The maximum atomic E-state index is 14.5. The van der Waals surface area contributed by atoms with E-state index in [-0.39, 0.29) is 16.2 Å². The first-order chi connectivity index (χ1) is 18.7. The van der Waals surface area contributed by atoms with Gasteiger partial charge in [0.2, 0.25) is 0 Å². The lowest BCUT2D eigenvalue weighted by Gasteiger charge is -2.40. The molecule has 0 atom stereocenters. The largest absolute Gasteiger partial charge is 0.496 e. The zero-order chi connectivity index (χ0) is 31.2. The molecule has 0 spiro atoms. The zero-order valence-corrected chi connectivity index (χ0v) is 27.6. The van der Waals surface area contributed by atoms with E-state index in [1.165, 1.54) is 21.3 Å². The van der Waals surface area contributed by atoms with Gasteiger partial charge in [-0.05, 0) is 69.3 Å². The van der Waals surface area contributed by atoms with Crippen molar-refractivity contribution in [3.8, 4) is 17.2 Å². The Morgan fingerprint density at radius 2 is 0.756 bits per heavy atom. The molecule has 0 unspecified atom stereocenters. The van der Waals surface area contributed by atoms with Crippen LogP contribution in [0.2, 0.25) is 0 Å². The third-order valence-corrected chi connectivity index (χ3v) is 9.40. The molecule has 7 heteroatoms. The number of ether oxygens (including phenoxy) is 3. The molecule has 0 saturated carbocycles. The van der Waals surface area contributed by atoms with Gasteiger partial charge in [-0.2, -0.15) is 0 Å². The smallest absolute Gasteiger partial charge is 0.345 e. The second kappa shape index (κ2) is 11.1. The molecule has 3 aromatic carbocycles. The Labute approximate surface area is 246 Å². The van der Waals surface area contributed by atoms with Crippen molar-refractivity contribution in [3.63, 3.8) is 0 Å². The average molecular weight is 583 g/mol. The van der Waals surface area contributed by atoms with Crippen LogP contribution in [0.5, 0.6) is 17.2 Å². The van der Waals surface area contributed by atoms with Crippen LogP contribution in [0.4, 0.5) is 0 Å². The standard InChI is InChI=1S/C34H47O6P/c1-31(2,3)22-13-16-28(38-10)25(19-22)34(41(35,36)37,26-20-23(32(4,5)6)14-17-29(26)39-11)27-21-24(33(7,8)9)15-18-30(27)40-12/h13-21H,1-12H3,(H2,35,36,37). The number of methoxy groups -OCH3 is 3. The van der Waals surface area contributed by atoms with Crippen molar-refractivity contribution >= 4 is 7.60 Å². The third kappa shape index (κ3) is 6.07. The van der Waals surface area contributed by atoms with Gasteiger partial charge < -0.3 is 24.0 Å². The van der Waals surface area contributed by atoms with Gasteiger partial charge in [0.05, 0.1) is 21.3 Å². The highest BCUT2D eigenvalue weighted by Crippen LogP contribution is 2.69. The molecule has 0 saturated heterocycles. The summed E-state index contributed by atoms with van der Waals surface area (Å²) in [5.74, 6) is 1.06. The van der Waals surface area contributed by atoms with Crippen molar-refractivity contribution < 1.29 is 28.6 Å². The summed E-state index contributed by atoms with van der Waals surface area (Å²) in [5.41, 5.74) is 2.82. The molecule has 224 valence electrons. The molecule has 0 aromatic heterocycles. The van der Waals surface area contributed by atoms with Gasteiger partial charge in [-0.1, -0.05) is 80.5 Å². The SMILES string of the molecule is COc1ccc(C(C)(C)C)cc1C(c1cc(C(C)(C)C)ccc1OC)(c1cc(C(C)(C)C)ccc1OC)P(=O)(O)O. The fraction of sp³-hybridized carbons (Fsp3) is 0.471. The van der Waals surface area contributed by atoms with Crippen LogP contribution < -0.4 is 14.2 Å². The van der Waals surface area contributed by atoms with Crippen molar-refractivity contribution in [1.82, 2.24) is 0 Å². The van der Waals surface area contributed by atoms with Gasteiger partial charge >= 0.3 is 7.60 Å². The Morgan fingerprint density at radius 1 is 0.512 bits per heavy atom. The van der Waals surface area contributed by atoms with E-state index in [9.17, 15) is 14.4 Å². The molecule has 0 aliphatic heterocycles. The molecule has 2 N–H and O–H groups in total. The van der Waals surface area contributed by atoms with E-state index in [1.54, 1.807) is 18.2 Å². The minimum absolute atomic E-state index is 0.309. The molecule has 6 nitrogen and oxygen atoms in total. The molecule has 41 heavy (non-hydrogen) atoms. The maximum absolute atomic E-state index is 14.5. The highest BCUT2D eigenvalue weighted by Gasteiger charge is 2.56.